The summed E-state index contributed by atoms with van der Waals surface area (Å²) < 4.78 is 48.8. The fourth-order valence-corrected chi connectivity index (χ4v) is 2.65. The minimum atomic E-state index is -4.42. The first-order chi connectivity index (χ1) is 12.3. The summed E-state index contributed by atoms with van der Waals surface area (Å²) in [4.78, 5) is 10.7. The topological polar surface area (TPSA) is 73.6 Å². The minimum Gasteiger partial charge on any atom is -0.454 e. The van der Waals surface area contributed by atoms with Crippen LogP contribution < -0.4 is 14.8 Å². The first-order valence-electron chi connectivity index (χ1n) is 7.73. The van der Waals surface area contributed by atoms with E-state index in [1.165, 1.54) is 18.2 Å². The van der Waals surface area contributed by atoms with E-state index in [0.29, 0.717) is 22.6 Å². The number of nitrogens with one attached hydrogen (secondary N) is 1. The Bertz CT molecular complexity index is 845. The van der Waals surface area contributed by atoms with Gasteiger partial charge in [0.05, 0.1) is 16.6 Å². The highest BCUT2D eigenvalue weighted by Crippen LogP contribution is 2.38. The molecule has 0 bridgehead atoms. The molecule has 2 aromatic rings. The van der Waals surface area contributed by atoms with Crippen molar-refractivity contribution >= 4 is 18.1 Å². The van der Waals surface area contributed by atoms with E-state index in [0.717, 1.165) is 12.1 Å². The molecule has 0 fully saturated rings. The third-order valence-electron chi connectivity index (χ3n) is 4.08. The molecule has 1 aliphatic heterocycles. The smallest absolute Gasteiger partial charge is 0.416 e. The summed E-state index contributed by atoms with van der Waals surface area (Å²) in [5, 5.41) is 14.3. The van der Waals surface area contributed by atoms with E-state index in [9.17, 15) is 23.3 Å². The van der Waals surface area contributed by atoms with E-state index in [1.54, 1.807) is 13.0 Å². The van der Waals surface area contributed by atoms with Crippen LogP contribution in [0.4, 0.5) is 18.9 Å². The van der Waals surface area contributed by atoms with Gasteiger partial charge in [-0.15, -0.1) is 12.4 Å². The normalized spacial score (nSPS) is 13.8. The minimum absolute atomic E-state index is 0. The van der Waals surface area contributed by atoms with E-state index in [1.807, 2.05) is 0 Å². The van der Waals surface area contributed by atoms with Gasteiger partial charge in [0.1, 0.15) is 0 Å². The van der Waals surface area contributed by atoms with Crippen molar-refractivity contribution in [2.24, 2.45) is 0 Å². The SMILES string of the molecule is CC(NCc1cc2c(cc1[N+](=O)[O-])OCO2)c1cccc(C(F)(F)F)c1.Cl. The Labute approximate surface area is 158 Å². The van der Waals surface area contributed by atoms with Gasteiger partial charge in [-0.25, -0.2) is 0 Å². The number of hydrogen-bond acceptors (Lipinski definition) is 5. The van der Waals surface area contributed by atoms with Crippen molar-refractivity contribution in [2.75, 3.05) is 6.79 Å². The van der Waals surface area contributed by atoms with Crippen LogP contribution in [-0.2, 0) is 12.7 Å². The first-order valence-corrected chi connectivity index (χ1v) is 7.73. The number of alkyl halides is 3. The predicted octanol–water partition coefficient (Wildman–Crippen LogP) is 4.61. The number of nitro groups is 1. The zero-order valence-corrected chi connectivity index (χ0v) is 14.9. The Kier molecular flexibility index (Phi) is 6.17. The van der Waals surface area contributed by atoms with Gasteiger partial charge in [-0.1, -0.05) is 12.1 Å². The highest BCUT2D eigenvalue weighted by atomic mass is 35.5. The molecule has 0 saturated carbocycles. The second kappa shape index (κ2) is 8.01. The van der Waals surface area contributed by atoms with E-state index >= 15 is 0 Å². The number of nitrogens with zero attached hydrogens (tertiary/aromatic N) is 1. The molecule has 1 unspecified atom stereocenters. The van der Waals surface area contributed by atoms with Crippen LogP contribution in [-0.4, -0.2) is 11.7 Å². The van der Waals surface area contributed by atoms with Crippen LogP contribution in [0.15, 0.2) is 36.4 Å². The molecular formula is C17H16ClF3N2O4. The highest BCUT2D eigenvalue weighted by molar-refractivity contribution is 5.85. The average Bonchev–Trinajstić information content (AvgIpc) is 3.05. The van der Waals surface area contributed by atoms with Gasteiger partial charge in [0.2, 0.25) is 6.79 Å². The standard InChI is InChI=1S/C17H15F3N2O4.ClH/c1-10(11-3-2-4-13(5-11)17(18,19)20)21-8-12-6-15-16(26-9-25-15)7-14(12)22(23)24;/h2-7,10,21H,8-9H2,1H3;1H. The molecule has 0 spiro atoms. The molecule has 10 heteroatoms. The summed E-state index contributed by atoms with van der Waals surface area (Å²) in [6.07, 6.45) is -4.42. The summed E-state index contributed by atoms with van der Waals surface area (Å²) in [6.45, 7) is 1.77. The lowest BCUT2D eigenvalue weighted by Crippen LogP contribution is -2.19. The molecular weight excluding hydrogens is 389 g/mol. The third kappa shape index (κ3) is 4.61. The maximum atomic E-state index is 12.8. The lowest BCUT2D eigenvalue weighted by Gasteiger charge is -2.16. The Morgan fingerprint density at radius 3 is 2.52 bits per heavy atom. The average molecular weight is 405 g/mol. The summed E-state index contributed by atoms with van der Waals surface area (Å²) >= 11 is 0. The molecule has 0 aromatic heterocycles. The molecule has 2 aromatic carbocycles. The van der Waals surface area contributed by atoms with Gasteiger partial charge in [0, 0.05) is 18.2 Å². The Hall–Kier alpha value is -2.52. The van der Waals surface area contributed by atoms with Crippen LogP contribution in [0, 0.1) is 10.1 Å². The van der Waals surface area contributed by atoms with E-state index < -0.39 is 22.7 Å². The van der Waals surface area contributed by atoms with Gasteiger partial charge in [-0.3, -0.25) is 10.1 Å². The molecule has 0 amide bonds. The molecule has 0 aliphatic carbocycles. The summed E-state index contributed by atoms with van der Waals surface area (Å²) in [5.41, 5.74) is -0.0861. The highest BCUT2D eigenvalue weighted by Gasteiger charge is 2.30. The molecule has 1 N–H and O–H groups in total. The lowest BCUT2D eigenvalue weighted by atomic mass is 10.0. The molecule has 0 radical (unpaired) electrons. The van der Waals surface area contributed by atoms with Crippen molar-refractivity contribution in [3.05, 3.63) is 63.2 Å². The molecule has 27 heavy (non-hydrogen) atoms. The molecule has 1 heterocycles. The lowest BCUT2D eigenvalue weighted by molar-refractivity contribution is -0.385. The van der Waals surface area contributed by atoms with Gasteiger partial charge in [-0.05, 0) is 30.7 Å². The summed E-state index contributed by atoms with van der Waals surface area (Å²) in [7, 11) is 0. The Balaban J connectivity index is 0.00000261. The molecule has 146 valence electrons. The zero-order chi connectivity index (χ0) is 18.9. The molecule has 6 nitrogen and oxygen atoms in total. The van der Waals surface area contributed by atoms with Crippen LogP contribution in [0.1, 0.15) is 29.7 Å². The molecule has 3 rings (SSSR count). The van der Waals surface area contributed by atoms with E-state index in [-0.39, 0.29) is 31.4 Å². The fourth-order valence-electron chi connectivity index (χ4n) is 2.65. The van der Waals surface area contributed by atoms with Crippen molar-refractivity contribution in [1.29, 1.82) is 0 Å². The number of fused-ring (bicyclic) bond motifs is 1. The summed E-state index contributed by atoms with van der Waals surface area (Å²) in [5.74, 6) is 0.700. The number of rotatable bonds is 5. The Morgan fingerprint density at radius 2 is 1.89 bits per heavy atom. The Morgan fingerprint density at radius 1 is 1.22 bits per heavy atom. The van der Waals surface area contributed by atoms with Gasteiger partial charge in [0.25, 0.3) is 5.69 Å². The molecule has 1 atom stereocenters. The van der Waals surface area contributed by atoms with Gasteiger partial charge >= 0.3 is 6.18 Å². The van der Waals surface area contributed by atoms with Crippen LogP contribution >= 0.6 is 12.4 Å². The van der Waals surface area contributed by atoms with Gasteiger partial charge < -0.3 is 14.8 Å². The number of hydrogen-bond donors (Lipinski definition) is 1. The zero-order valence-electron chi connectivity index (χ0n) is 14.1. The number of benzene rings is 2. The predicted molar refractivity (Wildman–Crippen MR) is 93.2 cm³/mol. The van der Waals surface area contributed by atoms with Gasteiger partial charge in [0.15, 0.2) is 11.5 Å². The fraction of sp³-hybridized carbons (Fsp3) is 0.294. The summed E-state index contributed by atoms with van der Waals surface area (Å²) in [6, 6.07) is 7.31. The number of ether oxygens (including phenoxy) is 2. The quantitative estimate of drug-likeness (QED) is 0.581. The van der Waals surface area contributed by atoms with Crippen molar-refractivity contribution < 1.29 is 27.6 Å². The second-order valence-electron chi connectivity index (χ2n) is 5.82. The van der Waals surface area contributed by atoms with Crippen molar-refractivity contribution in [3.8, 4) is 11.5 Å². The first kappa shape index (κ1) is 20.8. The van der Waals surface area contributed by atoms with E-state index in [2.05, 4.69) is 5.32 Å². The maximum absolute atomic E-state index is 12.8. The van der Waals surface area contributed by atoms with Crippen molar-refractivity contribution in [2.45, 2.75) is 25.7 Å². The molecule has 1 aliphatic rings. The van der Waals surface area contributed by atoms with Crippen LogP contribution in [0.3, 0.4) is 0 Å². The van der Waals surface area contributed by atoms with Crippen LogP contribution in [0.5, 0.6) is 11.5 Å². The second-order valence-corrected chi connectivity index (χ2v) is 5.82. The largest absolute Gasteiger partial charge is 0.454 e. The maximum Gasteiger partial charge on any atom is 0.416 e. The third-order valence-corrected chi connectivity index (χ3v) is 4.08. The van der Waals surface area contributed by atoms with Crippen LogP contribution in [0.2, 0.25) is 0 Å². The van der Waals surface area contributed by atoms with Gasteiger partial charge in [-0.2, -0.15) is 13.2 Å². The number of halogens is 4. The molecule has 0 saturated heterocycles. The van der Waals surface area contributed by atoms with Crippen molar-refractivity contribution in [3.63, 3.8) is 0 Å². The van der Waals surface area contributed by atoms with Crippen LogP contribution in [0.25, 0.3) is 0 Å². The van der Waals surface area contributed by atoms with Crippen molar-refractivity contribution in [1.82, 2.24) is 5.32 Å². The monoisotopic (exact) mass is 404 g/mol. The van der Waals surface area contributed by atoms with E-state index in [4.69, 9.17) is 9.47 Å². The number of nitro benzene ring substituents is 1.